The van der Waals surface area contributed by atoms with E-state index in [0.29, 0.717) is 11.3 Å². The van der Waals surface area contributed by atoms with Gasteiger partial charge in [0.15, 0.2) is 11.6 Å². The van der Waals surface area contributed by atoms with Crippen molar-refractivity contribution in [2.45, 2.75) is 33.1 Å². The minimum Gasteiger partial charge on any atom is -0.347 e. The van der Waals surface area contributed by atoms with Crippen LogP contribution in [0.2, 0.25) is 0 Å². The zero-order valence-corrected chi connectivity index (χ0v) is 17.6. The maximum Gasteiger partial charge on any atom is 0.331 e. The molecule has 1 N–H and O–H groups in total. The molecule has 2 heterocycles. The fourth-order valence-electron chi connectivity index (χ4n) is 3.60. The second-order valence-electron chi connectivity index (χ2n) is 7.65. The predicted octanol–water partition coefficient (Wildman–Crippen LogP) is 2.06. The first-order chi connectivity index (χ1) is 15.7. The zero-order chi connectivity index (χ0) is 23.7. The molecule has 7 nitrogen and oxygen atoms in total. The summed E-state index contributed by atoms with van der Waals surface area (Å²) in [7, 11) is 0. The summed E-state index contributed by atoms with van der Waals surface area (Å²) in [5.74, 6) is -2.99. The first-order valence-electron chi connectivity index (χ1n) is 10.1. The van der Waals surface area contributed by atoms with E-state index in [1.165, 1.54) is 22.8 Å². The number of carbonyl (C=O) groups excluding carboxylic acids is 1. The minimum absolute atomic E-state index is 0.0262. The van der Waals surface area contributed by atoms with Gasteiger partial charge in [-0.05, 0) is 42.3 Å². The average Bonchev–Trinajstić information content (AvgIpc) is 2.81. The third-order valence-corrected chi connectivity index (χ3v) is 5.47. The highest BCUT2D eigenvalue weighted by atomic mass is 19.2. The first kappa shape index (κ1) is 22.3. The highest BCUT2D eigenvalue weighted by Crippen LogP contribution is 2.12. The number of halogens is 3. The number of fused-ring (bicyclic) bond motifs is 1. The van der Waals surface area contributed by atoms with Crippen LogP contribution >= 0.6 is 0 Å². The van der Waals surface area contributed by atoms with Crippen molar-refractivity contribution in [2.75, 3.05) is 0 Å². The molecule has 2 aromatic carbocycles. The molecule has 1 amide bonds. The molecule has 1 aliphatic rings. The summed E-state index contributed by atoms with van der Waals surface area (Å²) >= 11 is 0. The van der Waals surface area contributed by atoms with Crippen LogP contribution < -0.4 is 16.6 Å². The number of rotatable bonds is 5. The lowest BCUT2D eigenvalue weighted by Gasteiger charge is -2.21. The Bertz CT molecular complexity index is 1390. The van der Waals surface area contributed by atoms with Crippen molar-refractivity contribution in [3.8, 4) is 0 Å². The molecule has 0 aliphatic carbocycles. The van der Waals surface area contributed by atoms with Crippen LogP contribution in [-0.4, -0.2) is 20.8 Å². The molecule has 0 saturated heterocycles. The molecule has 1 aliphatic heterocycles. The molecular weight excluding hydrogens is 437 g/mol. The van der Waals surface area contributed by atoms with E-state index >= 15 is 0 Å². The smallest absolute Gasteiger partial charge is 0.331 e. The standard InChI is InChI=1S/C23H19F3N4O3/c1-13-20-10-27-19(21(31)28-9-14-2-5-16(24)6-3-14)12-29(20)23(33)30(22(13)32)11-15-4-7-17(25)18(26)8-15/h2-8H,9-12H2,1H3,(H,28,31). The molecule has 0 atom stereocenters. The van der Waals surface area contributed by atoms with Gasteiger partial charge < -0.3 is 5.32 Å². The van der Waals surface area contributed by atoms with E-state index in [0.717, 1.165) is 16.7 Å². The number of benzene rings is 2. The second-order valence-corrected chi connectivity index (χ2v) is 7.65. The van der Waals surface area contributed by atoms with E-state index in [9.17, 15) is 27.6 Å². The highest BCUT2D eigenvalue weighted by molar-refractivity contribution is 6.38. The summed E-state index contributed by atoms with van der Waals surface area (Å²) in [6.07, 6.45) is 0. The number of nitrogens with one attached hydrogen (secondary N) is 1. The Morgan fingerprint density at radius 3 is 2.42 bits per heavy atom. The number of hydrogen-bond acceptors (Lipinski definition) is 4. The maximum atomic E-state index is 13.6. The van der Waals surface area contributed by atoms with Crippen molar-refractivity contribution in [1.82, 2.24) is 14.5 Å². The molecule has 0 saturated carbocycles. The molecule has 0 spiro atoms. The van der Waals surface area contributed by atoms with Crippen molar-refractivity contribution < 1.29 is 18.0 Å². The van der Waals surface area contributed by atoms with Crippen LogP contribution in [0.15, 0.2) is 57.0 Å². The topological polar surface area (TPSA) is 85.5 Å². The average molecular weight is 456 g/mol. The molecule has 0 fully saturated rings. The van der Waals surface area contributed by atoms with Gasteiger partial charge in [-0.2, -0.15) is 0 Å². The fraction of sp³-hybridized carbons (Fsp3) is 0.217. The van der Waals surface area contributed by atoms with Crippen LogP contribution in [0, 0.1) is 24.4 Å². The number of carbonyl (C=O) groups is 1. The molecular formula is C23H19F3N4O3. The molecule has 170 valence electrons. The molecule has 0 unspecified atom stereocenters. The fourth-order valence-corrected chi connectivity index (χ4v) is 3.60. The minimum atomic E-state index is -1.08. The van der Waals surface area contributed by atoms with Gasteiger partial charge in [-0.25, -0.2) is 18.0 Å². The van der Waals surface area contributed by atoms with E-state index in [1.54, 1.807) is 19.1 Å². The zero-order valence-electron chi connectivity index (χ0n) is 17.6. The number of aromatic nitrogens is 2. The van der Waals surface area contributed by atoms with Crippen molar-refractivity contribution in [2.24, 2.45) is 4.99 Å². The summed E-state index contributed by atoms with van der Waals surface area (Å²) in [6, 6.07) is 8.79. The summed E-state index contributed by atoms with van der Waals surface area (Å²) in [5.41, 5.74) is 0.474. The summed E-state index contributed by atoms with van der Waals surface area (Å²) in [5, 5.41) is 2.68. The monoisotopic (exact) mass is 456 g/mol. The van der Waals surface area contributed by atoms with Crippen molar-refractivity contribution >= 4 is 11.6 Å². The van der Waals surface area contributed by atoms with Gasteiger partial charge in [-0.15, -0.1) is 0 Å². The predicted molar refractivity (Wildman–Crippen MR) is 115 cm³/mol. The lowest BCUT2D eigenvalue weighted by molar-refractivity contribution is -0.115. The molecule has 0 radical (unpaired) electrons. The van der Waals surface area contributed by atoms with Gasteiger partial charge in [0.05, 0.1) is 25.3 Å². The van der Waals surface area contributed by atoms with Crippen LogP contribution in [0.5, 0.6) is 0 Å². The molecule has 0 bridgehead atoms. The quantitative estimate of drug-likeness (QED) is 0.638. The summed E-state index contributed by atoms with van der Waals surface area (Å²) in [4.78, 5) is 42.6. The third kappa shape index (κ3) is 4.50. The SMILES string of the molecule is Cc1c2n(c(=O)n(Cc3ccc(F)c(F)c3)c1=O)CC(C(=O)NCc1ccc(F)cc1)=NC2. The molecule has 33 heavy (non-hydrogen) atoms. The Morgan fingerprint density at radius 1 is 1.03 bits per heavy atom. The van der Waals surface area contributed by atoms with E-state index in [1.807, 2.05) is 0 Å². The molecule has 4 rings (SSSR count). The van der Waals surface area contributed by atoms with Gasteiger partial charge >= 0.3 is 5.69 Å². The first-order valence-corrected chi connectivity index (χ1v) is 10.1. The van der Waals surface area contributed by atoms with E-state index in [-0.39, 0.29) is 48.8 Å². The molecule has 1 aromatic heterocycles. The number of hydrogen-bond donors (Lipinski definition) is 1. The van der Waals surface area contributed by atoms with Gasteiger partial charge in [0.25, 0.3) is 11.5 Å². The van der Waals surface area contributed by atoms with Gasteiger partial charge in [0.1, 0.15) is 11.5 Å². The van der Waals surface area contributed by atoms with E-state index in [2.05, 4.69) is 10.3 Å². The van der Waals surface area contributed by atoms with Crippen LogP contribution in [0.1, 0.15) is 22.4 Å². The van der Waals surface area contributed by atoms with Gasteiger partial charge in [0, 0.05) is 12.1 Å². The van der Waals surface area contributed by atoms with Gasteiger partial charge in [-0.1, -0.05) is 18.2 Å². The van der Waals surface area contributed by atoms with Gasteiger partial charge in [0.2, 0.25) is 0 Å². The Balaban J connectivity index is 1.58. The Kier molecular flexibility index (Phi) is 5.99. The van der Waals surface area contributed by atoms with Crippen LogP contribution in [0.25, 0.3) is 0 Å². The molecule has 3 aromatic rings. The Morgan fingerprint density at radius 2 is 1.73 bits per heavy atom. The lowest BCUT2D eigenvalue weighted by Crippen LogP contribution is -2.47. The second kappa shape index (κ2) is 8.89. The van der Waals surface area contributed by atoms with Crippen LogP contribution in [0.4, 0.5) is 13.2 Å². The van der Waals surface area contributed by atoms with Crippen LogP contribution in [-0.2, 0) is 31.0 Å². The van der Waals surface area contributed by atoms with E-state index in [4.69, 9.17) is 0 Å². The van der Waals surface area contributed by atoms with Gasteiger partial charge in [-0.3, -0.25) is 23.7 Å². The van der Waals surface area contributed by atoms with Crippen molar-refractivity contribution in [3.63, 3.8) is 0 Å². The maximum absolute atomic E-state index is 13.6. The largest absolute Gasteiger partial charge is 0.347 e. The van der Waals surface area contributed by atoms with E-state index < -0.39 is 28.8 Å². The highest BCUT2D eigenvalue weighted by Gasteiger charge is 2.24. The normalized spacial score (nSPS) is 12.8. The number of aliphatic imine (C=N–C) groups is 1. The van der Waals surface area contributed by atoms with Crippen molar-refractivity contribution in [3.05, 3.63) is 103 Å². The third-order valence-electron chi connectivity index (χ3n) is 5.47. The van der Waals surface area contributed by atoms with Crippen LogP contribution in [0.3, 0.4) is 0 Å². The lowest BCUT2D eigenvalue weighted by atomic mass is 10.1. The van der Waals surface area contributed by atoms with Crippen molar-refractivity contribution in [1.29, 1.82) is 0 Å². The molecule has 10 heteroatoms. The summed E-state index contributed by atoms with van der Waals surface area (Å²) in [6.45, 7) is 1.27. The summed E-state index contributed by atoms with van der Waals surface area (Å²) < 4.78 is 42.0. The number of nitrogens with zero attached hydrogens (tertiary/aromatic N) is 3. The number of amides is 1. The Hall–Kier alpha value is -3.95. The Labute approximate surface area is 185 Å².